The second-order valence-corrected chi connectivity index (χ2v) is 5.57. The number of nitrogens with zero attached hydrogens (tertiary/aromatic N) is 1. The van der Waals surface area contributed by atoms with Gasteiger partial charge in [-0.2, -0.15) is 0 Å². The minimum Gasteiger partial charge on any atom is -0.497 e. The molecule has 0 unspecified atom stereocenters. The van der Waals surface area contributed by atoms with Crippen molar-refractivity contribution in [1.29, 1.82) is 0 Å². The van der Waals surface area contributed by atoms with Crippen molar-refractivity contribution in [1.82, 2.24) is 9.88 Å². The molecule has 0 bridgehead atoms. The number of benzene rings is 1. The number of aromatic amines is 1. The zero-order valence-electron chi connectivity index (χ0n) is 13.1. The van der Waals surface area contributed by atoms with Crippen LogP contribution in [0.1, 0.15) is 12.0 Å². The molecule has 0 spiro atoms. The predicted molar refractivity (Wildman–Crippen MR) is 86.8 cm³/mol. The third-order valence-corrected chi connectivity index (χ3v) is 4.10. The van der Waals surface area contributed by atoms with Gasteiger partial charge in [0.25, 0.3) is 5.56 Å². The van der Waals surface area contributed by atoms with Crippen molar-refractivity contribution in [2.45, 2.75) is 12.8 Å². The van der Waals surface area contributed by atoms with E-state index in [4.69, 9.17) is 9.47 Å². The molecule has 1 aliphatic heterocycles. The van der Waals surface area contributed by atoms with Crippen LogP contribution in [-0.4, -0.2) is 49.2 Å². The standard InChI is InChI=1S/C17H20N2O4/c1-22-14-3-4-15-13(11-14)10-12(17(21)18-15)2-5-16(20)19-6-8-23-9-7-19/h3-4,10-11H,2,5-9H2,1H3,(H,18,21). The molecule has 1 amide bonds. The molecule has 1 saturated heterocycles. The first-order valence-corrected chi connectivity index (χ1v) is 7.73. The first-order valence-electron chi connectivity index (χ1n) is 7.73. The number of rotatable bonds is 4. The van der Waals surface area contributed by atoms with Crippen molar-refractivity contribution >= 4 is 16.8 Å². The van der Waals surface area contributed by atoms with Crippen molar-refractivity contribution < 1.29 is 14.3 Å². The Kier molecular flexibility index (Phi) is 4.62. The SMILES string of the molecule is COc1ccc2[nH]c(=O)c(CCC(=O)N3CCOCC3)cc2c1. The molecule has 6 nitrogen and oxygen atoms in total. The third kappa shape index (κ3) is 3.53. The van der Waals surface area contributed by atoms with Crippen LogP contribution in [0, 0.1) is 0 Å². The van der Waals surface area contributed by atoms with E-state index in [2.05, 4.69) is 4.98 Å². The lowest BCUT2D eigenvalue weighted by Crippen LogP contribution is -2.40. The summed E-state index contributed by atoms with van der Waals surface area (Å²) in [4.78, 5) is 29.0. The van der Waals surface area contributed by atoms with Gasteiger partial charge in [-0.3, -0.25) is 9.59 Å². The Bertz CT molecular complexity index is 763. The van der Waals surface area contributed by atoms with Gasteiger partial charge in [-0.25, -0.2) is 0 Å². The molecule has 1 fully saturated rings. The van der Waals surface area contributed by atoms with Gasteiger partial charge in [0.1, 0.15) is 5.75 Å². The monoisotopic (exact) mass is 316 g/mol. The second kappa shape index (κ2) is 6.83. The van der Waals surface area contributed by atoms with Crippen LogP contribution < -0.4 is 10.3 Å². The highest BCUT2D eigenvalue weighted by molar-refractivity contribution is 5.81. The Morgan fingerprint density at radius 1 is 1.30 bits per heavy atom. The third-order valence-electron chi connectivity index (χ3n) is 4.10. The lowest BCUT2D eigenvalue weighted by molar-refractivity contribution is -0.135. The van der Waals surface area contributed by atoms with E-state index in [9.17, 15) is 9.59 Å². The number of pyridine rings is 1. The van der Waals surface area contributed by atoms with E-state index in [1.165, 1.54) is 0 Å². The van der Waals surface area contributed by atoms with E-state index >= 15 is 0 Å². The van der Waals surface area contributed by atoms with Crippen LogP contribution in [-0.2, 0) is 16.0 Å². The van der Waals surface area contributed by atoms with Crippen LogP contribution >= 0.6 is 0 Å². The number of ether oxygens (including phenoxy) is 2. The average Bonchev–Trinajstić information content (AvgIpc) is 2.60. The number of hydrogen-bond acceptors (Lipinski definition) is 4. The van der Waals surface area contributed by atoms with E-state index in [0.29, 0.717) is 44.7 Å². The molecule has 6 heteroatoms. The van der Waals surface area contributed by atoms with E-state index in [1.54, 1.807) is 18.1 Å². The number of carbonyl (C=O) groups is 1. The van der Waals surface area contributed by atoms with Crippen LogP contribution in [0.3, 0.4) is 0 Å². The summed E-state index contributed by atoms with van der Waals surface area (Å²) in [7, 11) is 1.61. The second-order valence-electron chi connectivity index (χ2n) is 5.57. The minimum atomic E-state index is -0.141. The van der Waals surface area contributed by atoms with Gasteiger partial charge in [0.05, 0.1) is 20.3 Å². The predicted octanol–water partition coefficient (Wildman–Crippen LogP) is 1.33. The van der Waals surface area contributed by atoms with Crippen molar-refractivity contribution in [2.24, 2.45) is 0 Å². The Hall–Kier alpha value is -2.34. The summed E-state index contributed by atoms with van der Waals surface area (Å²) in [6.45, 7) is 2.43. The number of aryl methyl sites for hydroxylation is 1. The Labute approximate surface area is 134 Å². The molecule has 1 N–H and O–H groups in total. The van der Waals surface area contributed by atoms with E-state index in [0.717, 1.165) is 16.7 Å². The van der Waals surface area contributed by atoms with Crippen molar-refractivity contribution in [2.75, 3.05) is 33.4 Å². The fraction of sp³-hybridized carbons (Fsp3) is 0.412. The molecule has 23 heavy (non-hydrogen) atoms. The molecule has 3 rings (SSSR count). The molecule has 1 aromatic heterocycles. The zero-order chi connectivity index (χ0) is 16.2. The molecule has 2 heterocycles. The molecule has 122 valence electrons. The first-order chi connectivity index (χ1) is 11.2. The number of aromatic nitrogens is 1. The average molecular weight is 316 g/mol. The summed E-state index contributed by atoms with van der Waals surface area (Å²) in [5, 5.41) is 0.901. The largest absolute Gasteiger partial charge is 0.497 e. The highest BCUT2D eigenvalue weighted by Gasteiger charge is 2.17. The number of H-pyrrole nitrogens is 1. The van der Waals surface area contributed by atoms with Gasteiger partial charge >= 0.3 is 0 Å². The van der Waals surface area contributed by atoms with Gasteiger partial charge in [-0.05, 0) is 30.7 Å². The smallest absolute Gasteiger partial charge is 0.251 e. The molecular weight excluding hydrogens is 296 g/mol. The van der Waals surface area contributed by atoms with Crippen LogP contribution in [0.25, 0.3) is 10.9 Å². The van der Waals surface area contributed by atoms with Gasteiger partial charge in [0.15, 0.2) is 0 Å². The summed E-state index contributed by atoms with van der Waals surface area (Å²) in [6.07, 6.45) is 0.761. The number of fused-ring (bicyclic) bond motifs is 1. The minimum absolute atomic E-state index is 0.0680. The van der Waals surface area contributed by atoms with Gasteiger partial charge in [0, 0.05) is 36.0 Å². The zero-order valence-corrected chi connectivity index (χ0v) is 13.1. The maximum absolute atomic E-state index is 12.2. The molecular formula is C17H20N2O4. The van der Waals surface area contributed by atoms with E-state index in [1.807, 2.05) is 18.2 Å². The quantitative estimate of drug-likeness (QED) is 0.923. The van der Waals surface area contributed by atoms with Gasteiger partial charge < -0.3 is 19.4 Å². The number of carbonyl (C=O) groups excluding carboxylic acids is 1. The van der Waals surface area contributed by atoms with Crippen molar-refractivity contribution in [3.05, 3.63) is 40.2 Å². The maximum atomic E-state index is 12.2. The maximum Gasteiger partial charge on any atom is 0.251 e. The summed E-state index contributed by atoms with van der Waals surface area (Å²) in [5.41, 5.74) is 1.24. The summed E-state index contributed by atoms with van der Waals surface area (Å²) < 4.78 is 10.4. The molecule has 1 aromatic carbocycles. The topological polar surface area (TPSA) is 71.6 Å². The molecule has 0 radical (unpaired) electrons. The highest BCUT2D eigenvalue weighted by atomic mass is 16.5. The van der Waals surface area contributed by atoms with Gasteiger partial charge in [-0.1, -0.05) is 0 Å². The van der Waals surface area contributed by atoms with Gasteiger partial charge in [-0.15, -0.1) is 0 Å². The first kappa shape index (κ1) is 15.6. The number of nitrogens with one attached hydrogen (secondary N) is 1. The molecule has 1 aliphatic rings. The molecule has 0 atom stereocenters. The van der Waals surface area contributed by atoms with E-state index < -0.39 is 0 Å². The van der Waals surface area contributed by atoms with Crippen LogP contribution in [0.5, 0.6) is 5.75 Å². The molecule has 0 aliphatic carbocycles. The van der Waals surface area contributed by atoms with Crippen molar-refractivity contribution in [3.63, 3.8) is 0 Å². The Morgan fingerprint density at radius 3 is 2.83 bits per heavy atom. The van der Waals surface area contributed by atoms with Crippen LogP contribution in [0.15, 0.2) is 29.1 Å². The van der Waals surface area contributed by atoms with Gasteiger partial charge in [0.2, 0.25) is 5.91 Å². The highest BCUT2D eigenvalue weighted by Crippen LogP contribution is 2.19. The van der Waals surface area contributed by atoms with E-state index in [-0.39, 0.29) is 11.5 Å². The fourth-order valence-corrected chi connectivity index (χ4v) is 2.76. The van der Waals surface area contributed by atoms with Crippen LogP contribution in [0.4, 0.5) is 0 Å². The lowest BCUT2D eigenvalue weighted by atomic mass is 10.1. The van der Waals surface area contributed by atoms with Crippen LogP contribution in [0.2, 0.25) is 0 Å². The number of amides is 1. The molecule has 2 aromatic rings. The summed E-state index contributed by atoms with van der Waals surface area (Å²) in [6, 6.07) is 7.33. The summed E-state index contributed by atoms with van der Waals surface area (Å²) >= 11 is 0. The number of hydrogen-bond donors (Lipinski definition) is 1. The lowest BCUT2D eigenvalue weighted by Gasteiger charge is -2.26. The fourth-order valence-electron chi connectivity index (χ4n) is 2.76. The normalized spacial score (nSPS) is 14.9. The Balaban J connectivity index is 1.75. The number of morpholine rings is 1. The number of methoxy groups -OCH3 is 1. The van der Waals surface area contributed by atoms with Crippen molar-refractivity contribution in [3.8, 4) is 5.75 Å². The molecule has 0 saturated carbocycles. The Morgan fingerprint density at radius 2 is 2.09 bits per heavy atom. The summed E-state index contributed by atoms with van der Waals surface area (Å²) in [5.74, 6) is 0.804.